The Hall–Kier alpha value is -2.97. The van der Waals surface area contributed by atoms with Crippen LogP contribution in [-0.4, -0.2) is 26.6 Å². The van der Waals surface area contributed by atoms with Crippen LogP contribution in [0, 0.1) is 10.1 Å². The lowest BCUT2D eigenvalue weighted by Gasteiger charge is -2.11. The van der Waals surface area contributed by atoms with Crippen LogP contribution in [0.1, 0.15) is 11.1 Å². The molecule has 1 fully saturated rings. The number of thioether (sulfide) groups is 1. The second-order valence-corrected chi connectivity index (χ2v) is 7.47. The number of ether oxygens (including phenoxy) is 1. The average Bonchev–Trinajstić information content (AvgIpc) is 2.95. The first kappa shape index (κ1) is 19.8. The molecule has 28 heavy (non-hydrogen) atoms. The van der Waals surface area contributed by atoms with E-state index in [-0.39, 0.29) is 18.2 Å². The lowest BCUT2D eigenvalue weighted by atomic mass is 10.1. The summed E-state index contributed by atoms with van der Waals surface area (Å²) >= 11 is 6.47. The number of thiocarbonyl (C=S) groups is 1. The lowest BCUT2D eigenvalue weighted by molar-refractivity contribution is -0.385. The van der Waals surface area contributed by atoms with Gasteiger partial charge in [-0.1, -0.05) is 60.4 Å². The van der Waals surface area contributed by atoms with Crippen molar-refractivity contribution in [2.24, 2.45) is 0 Å². The van der Waals surface area contributed by atoms with Crippen molar-refractivity contribution in [3.8, 4) is 5.75 Å². The van der Waals surface area contributed by atoms with Gasteiger partial charge in [0, 0.05) is 18.2 Å². The molecule has 1 saturated heterocycles. The molecule has 0 N–H and O–H groups in total. The second-order valence-electron chi connectivity index (χ2n) is 5.79. The summed E-state index contributed by atoms with van der Waals surface area (Å²) in [5.74, 6) is 0.345. The molecule has 0 aliphatic carbocycles. The van der Waals surface area contributed by atoms with E-state index in [9.17, 15) is 14.9 Å². The zero-order chi connectivity index (χ0) is 20.1. The van der Waals surface area contributed by atoms with Crippen LogP contribution < -0.4 is 4.74 Å². The molecule has 8 heteroatoms. The van der Waals surface area contributed by atoms with Gasteiger partial charge in [-0.2, -0.15) is 0 Å². The highest BCUT2D eigenvalue weighted by molar-refractivity contribution is 8.26. The molecule has 1 heterocycles. The van der Waals surface area contributed by atoms with Crippen molar-refractivity contribution < 1.29 is 14.5 Å². The molecule has 2 aromatic rings. The zero-order valence-electron chi connectivity index (χ0n) is 14.7. The number of rotatable bonds is 7. The highest BCUT2D eigenvalue weighted by Crippen LogP contribution is 2.34. The third-order valence-corrected chi connectivity index (χ3v) is 5.34. The van der Waals surface area contributed by atoms with Gasteiger partial charge in [0.2, 0.25) is 0 Å². The number of nitro benzene ring substituents is 1. The minimum atomic E-state index is -0.435. The van der Waals surface area contributed by atoms with Gasteiger partial charge in [0.15, 0.2) is 0 Å². The Bertz CT molecular complexity index is 988. The summed E-state index contributed by atoms with van der Waals surface area (Å²) in [5, 5.41) is 11.2. The number of carbonyl (C=O) groups excluding carboxylic acids is 1. The maximum absolute atomic E-state index is 12.5. The summed E-state index contributed by atoms with van der Waals surface area (Å²) in [6, 6.07) is 13.6. The molecule has 1 amide bonds. The Kier molecular flexibility index (Phi) is 6.23. The first-order valence-electron chi connectivity index (χ1n) is 8.31. The van der Waals surface area contributed by atoms with Crippen LogP contribution in [0.2, 0.25) is 0 Å². The van der Waals surface area contributed by atoms with Crippen molar-refractivity contribution in [1.29, 1.82) is 0 Å². The van der Waals surface area contributed by atoms with Crippen LogP contribution in [0.5, 0.6) is 5.75 Å². The highest BCUT2D eigenvalue weighted by atomic mass is 32.2. The fourth-order valence-electron chi connectivity index (χ4n) is 2.63. The molecule has 1 aliphatic rings. The van der Waals surface area contributed by atoms with Gasteiger partial charge in [0.25, 0.3) is 11.6 Å². The van der Waals surface area contributed by atoms with Gasteiger partial charge in [0.05, 0.1) is 15.4 Å². The van der Waals surface area contributed by atoms with Gasteiger partial charge in [-0.25, -0.2) is 0 Å². The van der Waals surface area contributed by atoms with E-state index in [0.717, 1.165) is 0 Å². The summed E-state index contributed by atoms with van der Waals surface area (Å²) in [7, 11) is 0. The zero-order valence-corrected chi connectivity index (χ0v) is 16.4. The smallest absolute Gasteiger partial charge is 0.276 e. The Morgan fingerprint density at radius 1 is 1.21 bits per heavy atom. The Morgan fingerprint density at radius 2 is 1.93 bits per heavy atom. The van der Waals surface area contributed by atoms with Gasteiger partial charge < -0.3 is 4.74 Å². The number of nitro groups is 1. The molecule has 0 saturated carbocycles. The van der Waals surface area contributed by atoms with Crippen molar-refractivity contribution >= 4 is 46.0 Å². The topological polar surface area (TPSA) is 72.7 Å². The number of carbonyl (C=O) groups is 1. The largest absolute Gasteiger partial charge is 0.488 e. The second kappa shape index (κ2) is 8.81. The van der Waals surface area contributed by atoms with E-state index in [1.807, 2.05) is 12.1 Å². The standard InChI is InChI=1S/C20H16N2O4S2/c1-2-11-21-19(23)18(28-20(21)27)12-14-7-4-6-10-17(14)26-13-15-8-3-5-9-16(15)22(24)25/h2-10,12H,1,11,13H2/b18-12-. The van der Waals surface area contributed by atoms with Crippen molar-refractivity contribution in [3.63, 3.8) is 0 Å². The normalized spacial score (nSPS) is 15.1. The molecular formula is C20H16N2O4S2. The lowest BCUT2D eigenvalue weighted by Crippen LogP contribution is -2.27. The first-order valence-corrected chi connectivity index (χ1v) is 9.54. The van der Waals surface area contributed by atoms with Crippen LogP contribution in [0.3, 0.4) is 0 Å². The van der Waals surface area contributed by atoms with Gasteiger partial charge in [-0.3, -0.25) is 19.8 Å². The summed E-state index contributed by atoms with van der Waals surface area (Å²) in [6.45, 7) is 4.04. The van der Waals surface area contributed by atoms with Gasteiger partial charge >= 0.3 is 0 Å². The molecule has 0 atom stereocenters. The Morgan fingerprint density at radius 3 is 2.68 bits per heavy atom. The predicted octanol–water partition coefficient (Wildman–Crippen LogP) is 4.56. The number of para-hydroxylation sites is 2. The summed E-state index contributed by atoms with van der Waals surface area (Å²) in [6.07, 6.45) is 3.34. The maximum Gasteiger partial charge on any atom is 0.276 e. The van der Waals surface area contributed by atoms with Crippen LogP contribution in [0.25, 0.3) is 6.08 Å². The first-order chi connectivity index (χ1) is 13.5. The third-order valence-electron chi connectivity index (χ3n) is 3.96. The van der Waals surface area contributed by atoms with Crippen LogP contribution in [-0.2, 0) is 11.4 Å². The van der Waals surface area contributed by atoms with Crippen molar-refractivity contribution in [1.82, 2.24) is 4.90 Å². The maximum atomic E-state index is 12.5. The van der Waals surface area contributed by atoms with Crippen molar-refractivity contribution in [3.05, 3.63) is 87.3 Å². The molecule has 1 aliphatic heterocycles. The van der Waals surface area contributed by atoms with E-state index in [2.05, 4.69) is 6.58 Å². The fourth-order valence-corrected chi connectivity index (χ4v) is 3.89. The monoisotopic (exact) mass is 412 g/mol. The number of nitrogens with zero attached hydrogens (tertiary/aromatic N) is 2. The molecule has 0 bridgehead atoms. The van der Waals surface area contributed by atoms with E-state index < -0.39 is 4.92 Å². The van der Waals surface area contributed by atoms with Crippen molar-refractivity contribution in [2.75, 3.05) is 6.54 Å². The van der Waals surface area contributed by atoms with Gasteiger partial charge in [0.1, 0.15) is 16.7 Å². The quantitative estimate of drug-likeness (QED) is 0.218. The molecule has 0 unspecified atom stereocenters. The summed E-state index contributed by atoms with van der Waals surface area (Å²) < 4.78 is 6.31. The molecule has 0 aromatic heterocycles. The average molecular weight is 412 g/mol. The summed E-state index contributed by atoms with van der Waals surface area (Å²) in [4.78, 5) is 25.2. The van der Waals surface area contributed by atoms with Crippen molar-refractivity contribution in [2.45, 2.75) is 6.61 Å². The van der Waals surface area contributed by atoms with E-state index in [1.165, 1.54) is 22.7 Å². The molecule has 0 radical (unpaired) electrons. The van der Waals surface area contributed by atoms with E-state index in [4.69, 9.17) is 17.0 Å². The highest BCUT2D eigenvalue weighted by Gasteiger charge is 2.31. The number of amides is 1. The van der Waals surface area contributed by atoms with Crippen LogP contribution in [0.15, 0.2) is 66.1 Å². The van der Waals surface area contributed by atoms with E-state index in [0.29, 0.717) is 32.6 Å². The molecule has 6 nitrogen and oxygen atoms in total. The SMILES string of the molecule is C=CCN1C(=O)/C(=C/c2ccccc2OCc2ccccc2[N+](=O)[O-])SC1=S. The fraction of sp³-hybridized carbons (Fsp3) is 0.100. The van der Waals surface area contributed by atoms with E-state index >= 15 is 0 Å². The van der Waals surface area contributed by atoms with Crippen LogP contribution in [0.4, 0.5) is 5.69 Å². The minimum absolute atomic E-state index is 0.00489. The number of hydrogen-bond acceptors (Lipinski definition) is 6. The van der Waals surface area contributed by atoms with Gasteiger partial charge in [-0.05, 0) is 18.2 Å². The summed E-state index contributed by atoms with van der Waals surface area (Å²) in [5.41, 5.74) is 1.17. The number of benzene rings is 2. The third kappa shape index (κ3) is 4.29. The van der Waals surface area contributed by atoms with Crippen LogP contribution >= 0.6 is 24.0 Å². The van der Waals surface area contributed by atoms with Gasteiger partial charge in [-0.15, -0.1) is 6.58 Å². The Labute approximate surface area is 171 Å². The molecule has 142 valence electrons. The molecule has 0 spiro atoms. The number of hydrogen-bond donors (Lipinski definition) is 0. The molecule has 2 aromatic carbocycles. The molecular weight excluding hydrogens is 396 g/mol. The van der Waals surface area contributed by atoms with E-state index in [1.54, 1.807) is 42.5 Å². The molecule has 3 rings (SSSR count). The Balaban J connectivity index is 1.83. The predicted molar refractivity (Wildman–Crippen MR) is 114 cm³/mol. The minimum Gasteiger partial charge on any atom is -0.488 e.